The first-order valence-corrected chi connectivity index (χ1v) is 9.53. The number of carbonyl (C=O) groups excluding carboxylic acids is 1. The molecule has 1 unspecified atom stereocenters. The van der Waals surface area contributed by atoms with Crippen molar-refractivity contribution in [2.75, 3.05) is 20.2 Å². The average molecular weight is 340 g/mol. The number of nitrogens with zero attached hydrogens (tertiary/aromatic N) is 1. The molecule has 0 radical (unpaired) electrons. The normalized spacial score (nSPS) is 27.6. The summed E-state index contributed by atoms with van der Waals surface area (Å²) in [6.45, 7) is 6.50. The third-order valence-corrected chi connectivity index (χ3v) is 6.84. The summed E-state index contributed by atoms with van der Waals surface area (Å²) in [5.41, 5.74) is 3.94. The quantitative estimate of drug-likeness (QED) is 0.857. The Morgan fingerprint density at radius 1 is 1.40 bits per heavy atom. The lowest BCUT2D eigenvalue weighted by atomic mass is 9.61. The SMILES string of the molecule is CC[C@@]1(C(C)C(=O)OC)CCCN2CCc3c([nH]c4ccccc34)[C@@H]21. The highest BCUT2D eigenvalue weighted by Crippen LogP contribution is 2.55. The molecule has 0 spiro atoms. The van der Waals surface area contributed by atoms with Crippen LogP contribution in [-0.2, 0) is 16.0 Å². The summed E-state index contributed by atoms with van der Waals surface area (Å²) in [6, 6.07) is 8.87. The van der Waals surface area contributed by atoms with Crippen LogP contribution in [0.4, 0.5) is 0 Å². The fraction of sp³-hybridized carbons (Fsp3) is 0.571. The van der Waals surface area contributed by atoms with E-state index in [1.807, 2.05) is 0 Å². The van der Waals surface area contributed by atoms with Crippen LogP contribution < -0.4 is 0 Å². The van der Waals surface area contributed by atoms with E-state index in [4.69, 9.17) is 4.74 Å². The number of rotatable bonds is 3. The lowest BCUT2D eigenvalue weighted by molar-refractivity contribution is -0.155. The van der Waals surface area contributed by atoms with Gasteiger partial charge in [-0.05, 0) is 43.9 Å². The standard InChI is InChI=1S/C21H28N2O2/c1-4-21(14(2)20(24)25-3)11-7-12-23-13-10-16-15-8-5-6-9-17(15)22-18(16)19(21)23/h5-6,8-9,14,19,22H,4,7,10-13H2,1-3H3/t14?,19-,21+/m1/s1. The molecule has 2 aliphatic heterocycles. The second kappa shape index (κ2) is 6.17. The number of para-hydroxylation sites is 1. The van der Waals surface area contributed by atoms with Gasteiger partial charge in [0.05, 0.1) is 19.1 Å². The van der Waals surface area contributed by atoms with Crippen molar-refractivity contribution in [3.8, 4) is 0 Å². The minimum atomic E-state index is -0.104. The topological polar surface area (TPSA) is 45.3 Å². The van der Waals surface area contributed by atoms with Gasteiger partial charge in [-0.2, -0.15) is 0 Å². The van der Waals surface area contributed by atoms with Crippen LogP contribution in [0, 0.1) is 11.3 Å². The highest BCUT2D eigenvalue weighted by molar-refractivity contribution is 5.85. The molecule has 3 heterocycles. The van der Waals surface area contributed by atoms with E-state index in [2.05, 4.69) is 48.0 Å². The molecule has 2 aliphatic rings. The number of aromatic amines is 1. The lowest BCUT2D eigenvalue weighted by Gasteiger charge is -2.53. The number of esters is 1. The highest BCUT2D eigenvalue weighted by atomic mass is 16.5. The number of fused-ring (bicyclic) bond motifs is 5. The van der Waals surface area contributed by atoms with Crippen molar-refractivity contribution in [1.82, 2.24) is 9.88 Å². The van der Waals surface area contributed by atoms with E-state index in [1.54, 1.807) is 0 Å². The van der Waals surface area contributed by atoms with Crippen LogP contribution in [0.25, 0.3) is 10.9 Å². The summed E-state index contributed by atoms with van der Waals surface area (Å²) in [7, 11) is 1.51. The highest BCUT2D eigenvalue weighted by Gasteiger charge is 2.52. The van der Waals surface area contributed by atoms with Gasteiger partial charge < -0.3 is 9.72 Å². The maximum absolute atomic E-state index is 12.5. The molecule has 0 bridgehead atoms. The predicted octanol–water partition coefficient (Wildman–Crippen LogP) is 4.07. The number of piperidine rings is 1. The molecule has 25 heavy (non-hydrogen) atoms. The first kappa shape index (κ1) is 16.6. The molecule has 0 saturated carbocycles. The second-order valence-electron chi connectivity index (χ2n) is 7.69. The summed E-state index contributed by atoms with van der Waals surface area (Å²) < 4.78 is 5.15. The second-order valence-corrected chi connectivity index (χ2v) is 7.69. The minimum absolute atomic E-state index is 0.0681. The average Bonchev–Trinajstić information content (AvgIpc) is 3.04. The van der Waals surface area contributed by atoms with E-state index >= 15 is 0 Å². The van der Waals surface area contributed by atoms with Gasteiger partial charge in [-0.25, -0.2) is 0 Å². The van der Waals surface area contributed by atoms with Gasteiger partial charge in [0.2, 0.25) is 0 Å². The number of hydrogen-bond acceptors (Lipinski definition) is 3. The summed E-state index contributed by atoms with van der Waals surface area (Å²) in [5.74, 6) is -0.181. The molecule has 1 fully saturated rings. The van der Waals surface area contributed by atoms with Gasteiger partial charge in [-0.15, -0.1) is 0 Å². The maximum Gasteiger partial charge on any atom is 0.309 e. The smallest absolute Gasteiger partial charge is 0.309 e. The van der Waals surface area contributed by atoms with E-state index < -0.39 is 0 Å². The van der Waals surface area contributed by atoms with Crippen molar-refractivity contribution in [2.45, 2.75) is 45.6 Å². The van der Waals surface area contributed by atoms with Crippen LogP contribution in [-0.4, -0.2) is 36.1 Å². The molecule has 1 aromatic carbocycles. The third-order valence-electron chi connectivity index (χ3n) is 6.84. The zero-order valence-corrected chi connectivity index (χ0v) is 15.5. The Morgan fingerprint density at radius 2 is 2.20 bits per heavy atom. The first-order valence-electron chi connectivity index (χ1n) is 9.53. The van der Waals surface area contributed by atoms with E-state index in [1.165, 1.54) is 29.3 Å². The Hall–Kier alpha value is -1.81. The summed E-state index contributed by atoms with van der Waals surface area (Å²) in [6.07, 6.45) is 4.30. The van der Waals surface area contributed by atoms with E-state index in [-0.39, 0.29) is 23.3 Å². The van der Waals surface area contributed by atoms with Crippen LogP contribution in [0.15, 0.2) is 24.3 Å². The molecular formula is C21H28N2O2. The van der Waals surface area contributed by atoms with Crippen molar-refractivity contribution >= 4 is 16.9 Å². The molecule has 0 aliphatic carbocycles. The maximum atomic E-state index is 12.5. The molecule has 1 saturated heterocycles. The van der Waals surface area contributed by atoms with Gasteiger partial charge in [0.15, 0.2) is 0 Å². The van der Waals surface area contributed by atoms with Crippen LogP contribution >= 0.6 is 0 Å². The Kier molecular flexibility index (Phi) is 4.11. The van der Waals surface area contributed by atoms with Gasteiger partial charge >= 0.3 is 5.97 Å². The Balaban J connectivity index is 1.88. The molecule has 4 rings (SSSR count). The number of hydrogen-bond donors (Lipinski definition) is 1. The molecular weight excluding hydrogens is 312 g/mol. The first-order chi connectivity index (χ1) is 12.1. The fourth-order valence-electron chi connectivity index (χ4n) is 5.47. The zero-order valence-electron chi connectivity index (χ0n) is 15.5. The molecule has 4 nitrogen and oxygen atoms in total. The fourth-order valence-corrected chi connectivity index (χ4v) is 5.47. The number of aromatic nitrogens is 1. The van der Waals surface area contributed by atoms with Crippen LogP contribution in [0.2, 0.25) is 0 Å². The minimum Gasteiger partial charge on any atom is -0.469 e. The van der Waals surface area contributed by atoms with Crippen LogP contribution in [0.5, 0.6) is 0 Å². The van der Waals surface area contributed by atoms with Gasteiger partial charge in [0.1, 0.15) is 0 Å². The van der Waals surface area contributed by atoms with Crippen LogP contribution in [0.3, 0.4) is 0 Å². The molecule has 4 heteroatoms. The monoisotopic (exact) mass is 340 g/mol. The third kappa shape index (κ3) is 2.34. The van der Waals surface area contributed by atoms with Crippen molar-refractivity contribution in [3.05, 3.63) is 35.5 Å². The van der Waals surface area contributed by atoms with Crippen LogP contribution in [0.1, 0.15) is 50.4 Å². The lowest BCUT2D eigenvalue weighted by Crippen LogP contribution is -2.53. The van der Waals surface area contributed by atoms with Crippen molar-refractivity contribution in [3.63, 3.8) is 0 Å². The summed E-state index contributed by atoms with van der Waals surface area (Å²) >= 11 is 0. The molecule has 3 atom stereocenters. The number of methoxy groups -OCH3 is 1. The van der Waals surface area contributed by atoms with Crippen molar-refractivity contribution < 1.29 is 9.53 Å². The van der Waals surface area contributed by atoms with Crippen molar-refractivity contribution in [2.24, 2.45) is 11.3 Å². The molecule has 1 N–H and O–H groups in total. The van der Waals surface area contributed by atoms with Gasteiger partial charge in [0.25, 0.3) is 0 Å². The van der Waals surface area contributed by atoms with Gasteiger partial charge in [0, 0.05) is 28.6 Å². The molecule has 134 valence electrons. The van der Waals surface area contributed by atoms with E-state index in [0.29, 0.717) is 0 Å². The summed E-state index contributed by atoms with van der Waals surface area (Å²) in [5, 5.41) is 1.35. The van der Waals surface area contributed by atoms with E-state index in [9.17, 15) is 4.79 Å². The number of H-pyrrole nitrogens is 1. The van der Waals surface area contributed by atoms with Crippen molar-refractivity contribution in [1.29, 1.82) is 0 Å². The number of benzene rings is 1. The Labute approximate surface area is 149 Å². The van der Waals surface area contributed by atoms with Gasteiger partial charge in [-0.3, -0.25) is 9.69 Å². The van der Waals surface area contributed by atoms with Gasteiger partial charge in [-0.1, -0.05) is 32.0 Å². The summed E-state index contributed by atoms with van der Waals surface area (Å²) in [4.78, 5) is 18.8. The molecule has 0 amide bonds. The number of ether oxygens (including phenoxy) is 1. The number of carbonyl (C=O) groups is 1. The largest absolute Gasteiger partial charge is 0.469 e. The Bertz CT molecular complexity index is 796. The molecule has 1 aromatic heterocycles. The zero-order chi connectivity index (χ0) is 17.6. The number of nitrogens with one attached hydrogen (secondary N) is 1. The molecule has 2 aromatic rings. The predicted molar refractivity (Wildman–Crippen MR) is 99.5 cm³/mol. The van der Waals surface area contributed by atoms with E-state index in [0.717, 1.165) is 38.8 Å². The Morgan fingerprint density at radius 3 is 2.96 bits per heavy atom.